The number of hydrogen-bond donors (Lipinski definition) is 0. The summed E-state index contributed by atoms with van der Waals surface area (Å²) in [6.45, 7) is 6.13. The highest BCUT2D eigenvalue weighted by molar-refractivity contribution is 5.95. The topological polar surface area (TPSA) is 66.9 Å². The fraction of sp³-hybridized carbons (Fsp3) is 0.526. The molecule has 1 atom stereocenters. The van der Waals surface area contributed by atoms with Gasteiger partial charge in [-0.1, -0.05) is 30.3 Å². The van der Waals surface area contributed by atoms with Crippen LogP contribution in [0, 0.1) is 0 Å². The van der Waals surface area contributed by atoms with E-state index >= 15 is 0 Å². The molecule has 1 aliphatic heterocycles. The number of ether oxygens (including phenoxy) is 1. The highest BCUT2D eigenvalue weighted by Crippen LogP contribution is 2.25. The van der Waals surface area contributed by atoms with Crippen molar-refractivity contribution in [2.45, 2.75) is 51.7 Å². The number of hydrogen-bond acceptors (Lipinski definition) is 4. The summed E-state index contributed by atoms with van der Waals surface area (Å²) in [4.78, 5) is 40.5. The quantitative estimate of drug-likeness (QED) is 0.765. The van der Waals surface area contributed by atoms with Crippen LogP contribution in [-0.2, 0) is 25.7 Å². The summed E-state index contributed by atoms with van der Waals surface area (Å²) in [5.74, 6) is -0.604. The Morgan fingerprint density at radius 3 is 2.40 bits per heavy atom. The second kappa shape index (κ2) is 7.68. The van der Waals surface area contributed by atoms with Crippen molar-refractivity contribution in [3.8, 4) is 0 Å². The zero-order valence-corrected chi connectivity index (χ0v) is 15.3. The normalized spacial score (nSPS) is 18.5. The number of benzene rings is 1. The van der Waals surface area contributed by atoms with Gasteiger partial charge in [0.2, 0.25) is 11.8 Å². The number of methoxy groups -OCH3 is 1. The van der Waals surface area contributed by atoms with Crippen LogP contribution in [0.25, 0.3) is 0 Å². The van der Waals surface area contributed by atoms with E-state index in [1.54, 1.807) is 9.80 Å². The van der Waals surface area contributed by atoms with Gasteiger partial charge in [-0.3, -0.25) is 14.4 Å². The minimum Gasteiger partial charge on any atom is -0.469 e. The predicted molar refractivity (Wildman–Crippen MR) is 93.5 cm³/mol. The highest BCUT2D eigenvalue weighted by Gasteiger charge is 2.43. The van der Waals surface area contributed by atoms with Gasteiger partial charge in [-0.25, -0.2) is 0 Å². The minimum absolute atomic E-state index is 0.0594. The molecule has 25 heavy (non-hydrogen) atoms. The first kappa shape index (κ1) is 19.0. The lowest BCUT2D eigenvalue weighted by atomic mass is 9.97. The van der Waals surface area contributed by atoms with Crippen LogP contribution in [0.1, 0.15) is 39.2 Å². The molecule has 6 heteroatoms. The van der Waals surface area contributed by atoms with E-state index in [1.807, 2.05) is 51.1 Å². The van der Waals surface area contributed by atoms with Gasteiger partial charge in [-0.15, -0.1) is 0 Å². The van der Waals surface area contributed by atoms with E-state index in [1.165, 1.54) is 7.11 Å². The number of carbonyl (C=O) groups excluding carboxylic acids is 3. The maximum atomic E-state index is 13.0. The highest BCUT2D eigenvalue weighted by atomic mass is 16.5. The van der Waals surface area contributed by atoms with Crippen molar-refractivity contribution in [2.24, 2.45) is 0 Å². The molecule has 1 saturated heterocycles. The fourth-order valence-corrected chi connectivity index (χ4v) is 2.97. The van der Waals surface area contributed by atoms with Gasteiger partial charge in [-0.2, -0.15) is 0 Å². The standard InChI is InChI=1S/C19H26N2O4/c1-19(2,3)21-13-16(22)20(12-14-8-6-5-7-9-14)15(18(21)24)10-11-17(23)25-4/h5-9,15H,10-13H2,1-4H3/t15-/m0/s1. The molecule has 0 unspecified atom stereocenters. The van der Waals surface area contributed by atoms with E-state index in [0.717, 1.165) is 5.56 Å². The van der Waals surface area contributed by atoms with Crippen LogP contribution >= 0.6 is 0 Å². The summed E-state index contributed by atoms with van der Waals surface area (Å²) in [5.41, 5.74) is 0.505. The average Bonchev–Trinajstić information content (AvgIpc) is 2.57. The molecule has 0 aromatic heterocycles. The van der Waals surface area contributed by atoms with Crippen molar-refractivity contribution in [2.75, 3.05) is 13.7 Å². The Labute approximate surface area is 148 Å². The summed E-state index contributed by atoms with van der Waals surface area (Å²) in [5, 5.41) is 0. The Kier molecular flexibility index (Phi) is 5.82. The molecule has 1 fully saturated rings. The molecule has 0 N–H and O–H groups in total. The molecular formula is C19H26N2O4. The van der Waals surface area contributed by atoms with Gasteiger partial charge in [-0.05, 0) is 32.8 Å². The SMILES string of the molecule is COC(=O)CC[C@H]1C(=O)N(C(C)(C)C)CC(=O)N1Cc1ccccc1. The molecule has 0 saturated carbocycles. The van der Waals surface area contributed by atoms with Crippen LogP contribution < -0.4 is 0 Å². The Hall–Kier alpha value is -2.37. The largest absolute Gasteiger partial charge is 0.469 e. The molecule has 1 aromatic rings. The Balaban J connectivity index is 2.26. The zero-order valence-electron chi connectivity index (χ0n) is 15.3. The molecular weight excluding hydrogens is 320 g/mol. The van der Waals surface area contributed by atoms with Gasteiger partial charge in [0.1, 0.15) is 12.6 Å². The number of carbonyl (C=O) groups is 3. The number of esters is 1. The third-order valence-corrected chi connectivity index (χ3v) is 4.40. The lowest BCUT2D eigenvalue weighted by Gasteiger charge is -2.45. The van der Waals surface area contributed by atoms with Crippen molar-refractivity contribution in [1.29, 1.82) is 0 Å². The number of amides is 2. The van der Waals surface area contributed by atoms with Crippen LogP contribution in [-0.4, -0.2) is 52.8 Å². The minimum atomic E-state index is -0.653. The Bertz CT molecular complexity index is 637. The molecule has 0 radical (unpaired) electrons. The maximum Gasteiger partial charge on any atom is 0.305 e. The van der Waals surface area contributed by atoms with Gasteiger partial charge in [0.05, 0.1) is 7.11 Å². The van der Waals surface area contributed by atoms with Crippen molar-refractivity contribution in [3.63, 3.8) is 0 Å². The third-order valence-electron chi connectivity index (χ3n) is 4.40. The van der Waals surface area contributed by atoms with E-state index in [0.29, 0.717) is 6.54 Å². The van der Waals surface area contributed by atoms with Gasteiger partial charge in [0, 0.05) is 18.5 Å². The first-order chi connectivity index (χ1) is 11.7. The van der Waals surface area contributed by atoms with Crippen LogP contribution in [0.15, 0.2) is 30.3 Å². The smallest absolute Gasteiger partial charge is 0.305 e. The molecule has 1 heterocycles. The van der Waals surface area contributed by atoms with E-state index in [9.17, 15) is 14.4 Å². The second-order valence-electron chi connectivity index (χ2n) is 7.23. The van der Waals surface area contributed by atoms with Crippen LogP contribution in [0.2, 0.25) is 0 Å². The molecule has 2 amide bonds. The lowest BCUT2D eigenvalue weighted by Crippen LogP contribution is -2.63. The molecule has 0 aliphatic carbocycles. The number of nitrogens with zero attached hydrogens (tertiary/aromatic N) is 2. The molecule has 0 bridgehead atoms. The molecule has 0 spiro atoms. The lowest BCUT2D eigenvalue weighted by molar-refractivity contribution is -0.162. The zero-order chi connectivity index (χ0) is 18.6. The van der Waals surface area contributed by atoms with E-state index in [2.05, 4.69) is 4.74 Å². The first-order valence-corrected chi connectivity index (χ1v) is 8.45. The van der Waals surface area contributed by atoms with E-state index in [-0.39, 0.29) is 37.2 Å². The third kappa shape index (κ3) is 4.59. The Morgan fingerprint density at radius 2 is 1.84 bits per heavy atom. The van der Waals surface area contributed by atoms with Crippen LogP contribution in [0.3, 0.4) is 0 Å². The number of piperazine rings is 1. The van der Waals surface area contributed by atoms with Crippen LogP contribution in [0.5, 0.6) is 0 Å². The fourth-order valence-electron chi connectivity index (χ4n) is 2.97. The monoisotopic (exact) mass is 346 g/mol. The maximum absolute atomic E-state index is 13.0. The van der Waals surface area contributed by atoms with E-state index in [4.69, 9.17) is 0 Å². The van der Waals surface area contributed by atoms with Gasteiger partial charge in [0.15, 0.2) is 0 Å². The van der Waals surface area contributed by atoms with Gasteiger partial charge < -0.3 is 14.5 Å². The van der Waals surface area contributed by atoms with Gasteiger partial charge >= 0.3 is 5.97 Å². The van der Waals surface area contributed by atoms with E-state index < -0.39 is 11.6 Å². The predicted octanol–water partition coefficient (Wildman–Crippen LogP) is 1.98. The Morgan fingerprint density at radius 1 is 1.20 bits per heavy atom. The second-order valence-corrected chi connectivity index (χ2v) is 7.23. The molecule has 1 aliphatic rings. The first-order valence-electron chi connectivity index (χ1n) is 8.45. The average molecular weight is 346 g/mol. The van der Waals surface area contributed by atoms with Crippen LogP contribution in [0.4, 0.5) is 0 Å². The summed E-state index contributed by atoms with van der Waals surface area (Å²) in [6, 6.07) is 8.89. The molecule has 6 nitrogen and oxygen atoms in total. The summed E-state index contributed by atoms with van der Waals surface area (Å²) in [6.07, 6.45) is 0.361. The van der Waals surface area contributed by atoms with Crippen molar-refractivity contribution < 1.29 is 19.1 Å². The molecule has 1 aromatic carbocycles. The summed E-state index contributed by atoms with van der Waals surface area (Å²) < 4.78 is 4.68. The summed E-state index contributed by atoms with van der Waals surface area (Å²) in [7, 11) is 1.32. The van der Waals surface area contributed by atoms with Crippen molar-refractivity contribution >= 4 is 17.8 Å². The molecule has 136 valence electrons. The molecule has 2 rings (SSSR count). The van der Waals surface area contributed by atoms with Gasteiger partial charge in [0.25, 0.3) is 0 Å². The van der Waals surface area contributed by atoms with Crippen molar-refractivity contribution in [1.82, 2.24) is 9.80 Å². The number of rotatable bonds is 5. The summed E-state index contributed by atoms with van der Waals surface area (Å²) >= 11 is 0. The van der Waals surface area contributed by atoms with Crippen molar-refractivity contribution in [3.05, 3.63) is 35.9 Å².